The Kier molecular flexibility index (Phi) is 4.42. The first-order valence-corrected chi connectivity index (χ1v) is 8.18. The summed E-state index contributed by atoms with van der Waals surface area (Å²) in [6, 6.07) is 13.9. The van der Waals surface area contributed by atoms with E-state index in [1.807, 2.05) is 36.4 Å². The molecule has 2 atom stereocenters. The Morgan fingerprint density at radius 1 is 1.25 bits per heavy atom. The number of carbonyl (C=O) groups is 1. The Bertz CT molecular complexity index is 800. The van der Waals surface area contributed by atoms with Gasteiger partial charge < -0.3 is 5.11 Å². The summed E-state index contributed by atoms with van der Waals surface area (Å²) < 4.78 is 0. The zero-order chi connectivity index (χ0) is 17.3. The van der Waals surface area contributed by atoms with Crippen molar-refractivity contribution in [2.75, 3.05) is 4.90 Å². The van der Waals surface area contributed by atoms with E-state index in [4.69, 9.17) is 6.42 Å². The van der Waals surface area contributed by atoms with E-state index in [0.717, 1.165) is 40.8 Å². The van der Waals surface area contributed by atoms with E-state index in [0.29, 0.717) is 0 Å². The first-order valence-electron chi connectivity index (χ1n) is 8.18. The summed E-state index contributed by atoms with van der Waals surface area (Å²) in [7, 11) is 0. The van der Waals surface area contributed by atoms with Crippen LogP contribution < -0.4 is 4.90 Å². The largest absolute Gasteiger partial charge is 0.389 e. The molecule has 1 aliphatic rings. The molecule has 0 radical (unpaired) electrons. The highest BCUT2D eigenvalue weighted by Crippen LogP contribution is 2.34. The highest BCUT2D eigenvalue weighted by Gasteiger charge is 2.27. The lowest BCUT2D eigenvalue weighted by molar-refractivity contribution is -0.116. The SMILES string of the molecule is C#CC1CCc2cc(-c3ccc(C(C)O)cc3)ccc2N1C(C)=O. The van der Waals surface area contributed by atoms with Gasteiger partial charge in [-0.15, -0.1) is 6.42 Å². The number of aliphatic hydroxyl groups is 1. The first kappa shape index (κ1) is 16.3. The van der Waals surface area contributed by atoms with Crippen LogP contribution in [0.2, 0.25) is 0 Å². The molecule has 2 aromatic carbocycles. The molecule has 122 valence electrons. The number of amides is 1. The maximum atomic E-state index is 12.0. The Morgan fingerprint density at radius 2 is 1.92 bits per heavy atom. The van der Waals surface area contributed by atoms with Gasteiger partial charge in [-0.25, -0.2) is 0 Å². The van der Waals surface area contributed by atoms with E-state index < -0.39 is 6.10 Å². The Hall–Kier alpha value is -2.57. The third kappa shape index (κ3) is 2.93. The fraction of sp³-hybridized carbons (Fsp3) is 0.286. The fourth-order valence-corrected chi connectivity index (χ4v) is 3.29. The van der Waals surface area contributed by atoms with E-state index in [2.05, 4.69) is 12.0 Å². The van der Waals surface area contributed by atoms with E-state index in [-0.39, 0.29) is 11.9 Å². The quantitative estimate of drug-likeness (QED) is 0.857. The molecule has 1 heterocycles. The van der Waals surface area contributed by atoms with Crippen LogP contribution >= 0.6 is 0 Å². The summed E-state index contributed by atoms with van der Waals surface area (Å²) >= 11 is 0. The van der Waals surface area contributed by atoms with Gasteiger partial charge in [0.2, 0.25) is 5.91 Å². The lowest BCUT2D eigenvalue weighted by Crippen LogP contribution is -2.41. The minimum atomic E-state index is -0.465. The van der Waals surface area contributed by atoms with Crippen molar-refractivity contribution in [1.29, 1.82) is 0 Å². The number of benzene rings is 2. The van der Waals surface area contributed by atoms with Crippen LogP contribution in [0.3, 0.4) is 0 Å². The molecule has 3 heteroatoms. The highest BCUT2D eigenvalue weighted by molar-refractivity contribution is 5.94. The van der Waals surface area contributed by atoms with Crippen LogP contribution in [0.4, 0.5) is 5.69 Å². The number of aryl methyl sites for hydroxylation is 1. The second kappa shape index (κ2) is 6.51. The summed E-state index contributed by atoms with van der Waals surface area (Å²) in [6.07, 6.45) is 6.77. The predicted octanol–water partition coefficient (Wildman–Crippen LogP) is 3.71. The van der Waals surface area contributed by atoms with Gasteiger partial charge in [0.05, 0.1) is 12.1 Å². The number of fused-ring (bicyclic) bond motifs is 1. The number of nitrogens with zero attached hydrogens (tertiary/aromatic N) is 1. The lowest BCUT2D eigenvalue weighted by atomic mass is 9.92. The van der Waals surface area contributed by atoms with Gasteiger partial charge in [0.25, 0.3) is 0 Å². The van der Waals surface area contributed by atoms with Crippen molar-refractivity contribution < 1.29 is 9.90 Å². The molecule has 2 unspecified atom stereocenters. The van der Waals surface area contributed by atoms with Crippen LogP contribution in [0.1, 0.15) is 37.5 Å². The number of rotatable bonds is 2. The normalized spacial score (nSPS) is 17.8. The third-order valence-electron chi connectivity index (χ3n) is 4.60. The molecule has 0 aliphatic carbocycles. The number of hydrogen-bond acceptors (Lipinski definition) is 2. The van der Waals surface area contributed by atoms with Crippen molar-refractivity contribution in [1.82, 2.24) is 0 Å². The van der Waals surface area contributed by atoms with Crippen LogP contribution in [0.5, 0.6) is 0 Å². The summed E-state index contributed by atoms with van der Waals surface area (Å²) in [5, 5.41) is 9.62. The van der Waals surface area contributed by atoms with Crippen LogP contribution in [0, 0.1) is 12.3 Å². The van der Waals surface area contributed by atoms with Gasteiger partial charge in [0, 0.05) is 12.6 Å². The van der Waals surface area contributed by atoms with Crippen LogP contribution in [-0.2, 0) is 11.2 Å². The average Bonchev–Trinajstić information content (AvgIpc) is 2.60. The predicted molar refractivity (Wildman–Crippen MR) is 96.6 cm³/mol. The summed E-state index contributed by atoms with van der Waals surface area (Å²) in [5.74, 6) is 2.70. The standard InChI is InChI=1S/C21H21NO2/c1-4-20-11-9-19-13-18(10-12-21(19)22(20)15(3)24)17-7-5-16(6-8-17)14(2)23/h1,5-8,10,12-14,20,23H,9,11H2,2-3H3. The molecule has 1 amide bonds. The molecule has 0 aromatic heterocycles. The number of terminal acetylenes is 1. The fourth-order valence-electron chi connectivity index (χ4n) is 3.29. The van der Waals surface area contributed by atoms with Crippen LogP contribution in [0.15, 0.2) is 42.5 Å². The smallest absolute Gasteiger partial charge is 0.224 e. The molecule has 0 spiro atoms. The van der Waals surface area contributed by atoms with Gasteiger partial charge in [0.1, 0.15) is 0 Å². The maximum Gasteiger partial charge on any atom is 0.224 e. The molecule has 1 N–H and O–H groups in total. The molecule has 0 fully saturated rings. The molecular weight excluding hydrogens is 298 g/mol. The van der Waals surface area contributed by atoms with Crippen molar-refractivity contribution in [3.05, 3.63) is 53.6 Å². The zero-order valence-electron chi connectivity index (χ0n) is 14.0. The monoisotopic (exact) mass is 319 g/mol. The zero-order valence-corrected chi connectivity index (χ0v) is 14.0. The first-order chi connectivity index (χ1) is 11.5. The summed E-state index contributed by atoms with van der Waals surface area (Å²) in [4.78, 5) is 13.7. The maximum absolute atomic E-state index is 12.0. The molecule has 2 aromatic rings. The number of anilines is 1. The van der Waals surface area contributed by atoms with Gasteiger partial charge >= 0.3 is 0 Å². The van der Waals surface area contributed by atoms with Crippen molar-refractivity contribution >= 4 is 11.6 Å². The van der Waals surface area contributed by atoms with E-state index in [1.54, 1.807) is 18.7 Å². The minimum Gasteiger partial charge on any atom is -0.389 e. The molecule has 3 rings (SSSR count). The van der Waals surface area contributed by atoms with Crippen LogP contribution in [-0.4, -0.2) is 17.1 Å². The van der Waals surface area contributed by atoms with Crippen LogP contribution in [0.25, 0.3) is 11.1 Å². The third-order valence-corrected chi connectivity index (χ3v) is 4.60. The van der Waals surface area contributed by atoms with Gasteiger partial charge in [-0.3, -0.25) is 9.69 Å². The highest BCUT2D eigenvalue weighted by atomic mass is 16.3. The van der Waals surface area contributed by atoms with Crippen molar-refractivity contribution in [2.45, 2.75) is 38.8 Å². The number of aliphatic hydroxyl groups excluding tert-OH is 1. The van der Waals surface area contributed by atoms with E-state index >= 15 is 0 Å². The summed E-state index contributed by atoms with van der Waals surface area (Å²) in [5.41, 5.74) is 5.16. The minimum absolute atomic E-state index is 0.0204. The molecule has 0 saturated heterocycles. The Balaban J connectivity index is 1.97. The van der Waals surface area contributed by atoms with E-state index in [1.165, 1.54) is 0 Å². The topological polar surface area (TPSA) is 40.5 Å². The second-order valence-electron chi connectivity index (χ2n) is 6.25. The van der Waals surface area contributed by atoms with Crippen molar-refractivity contribution in [3.63, 3.8) is 0 Å². The lowest BCUT2D eigenvalue weighted by Gasteiger charge is -2.34. The van der Waals surface area contributed by atoms with Gasteiger partial charge in [-0.2, -0.15) is 0 Å². The molecule has 0 bridgehead atoms. The molecular formula is C21H21NO2. The molecule has 0 saturated carbocycles. The second-order valence-corrected chi connectivity index (χ2v) is 6.25. The average molecular weight is 319 g/mol. The van der Waals surface area contributed by atoms with Crippen molar-refractivity contribution in [2.24, 2.45) is 0 Å². The molecule has 3 nitrogen and oxygen atoms in total. The number of hydrogen-bond donors (Lipinski definition) is 1. The molecule has 1 aliphatic heterocycles. The van der Waals surface area contributed by atoms with E-state index in [9.17, 15) is 9.90 Å². The molecule has 24 heavy (non-hydrogen) atoms. The number of carbonyl (C=O) groups excluding carboxylic acids is 1. The Morgan fingerprint density at radius 3 is 2.50 bits per heavy atom. The van der Waals surface area contributed by atoms with Crippen molar-refractivity contribution in [3.8, 4) is 23.5 Å². The Labute approximate surface area is 142 Å². The van der Waals surface area contributed by atoms with Gasteiger partial charge in [-0.05, 0) is 54.2 Å². The van der Waals surface area contributed by atoms with Gasteiger partial charge in [-0.1, -0.05) is 36.3 Å². The summed E-state index contributed by atoms with van der Waals surface area (Å²) in [6.45, 7) is 3.31. The van der Waals surface area contributed by atoms with Gasteiger partial charge in [0.15, 0.2) is 0 Å².